The van der Waals surface area contributed by atoms with E-state index in [4.69, 9.17) is 11.6 Å². The zero-order valence-corrected chi connectivity index (χ0v) is 14.5. The fraction of sp³-hybridized carbons (Fsp3) is 0.353. The Bertz CT molecular complexity index is 583. The molecule has 1 amide bonds. The highest BCUT2D eigenvalue weighted by Gasteiger charge is 2.15. The molecule has 0 radical (unpaired) electrons. The van der Waals surface area contributed by atoms with Gasteiger partial charge < -0.3 is 5.32 Å². The van der Waals surface area contributed by atoms with Crippen molar-refractivity contribution in [2.75, 3.05) is 20.1 Å². The van der Waals surface area contributed by atoms with Crippen LogP contribution in [0, 0.1) is 0 Å². The Balaban J connectivity index is 1.72. The maximum Gasteiger partial charge on any atom is 0.234 e. The Morgan fingerprint density at radius 1 is 1.32 bits per heavy atom. The number of likely N-dealkylation sites (N-methyl/N-ethyl adjacent to an activating group) is 1. The van der Waals surface area contributed by atoms with Gasteiger partial charge in [-0.15, -0.1) is 11.3 Å². The predicted molar refractivity (Wildman–Crippen MR) is 93.5 cm³/mol. The zero-order chi connectivity index (χ0) is 15.9. The minimum atomic E-state index is 0.0554. The molecule has 0 saturated carbocycles. The molecule has 5 heteroatoms. The number of carbonyl (C=O) groups excluding carboxylic acids is 1. The van der Waals surface area contributed by atoms with E-state index in [-0.39, 0.29) is 11.9 Å². The van der Waals surface area contributed by atoms with E-state index >= 15 is 0 Å². The Kier molecular flexibility index (Phi) is 6.43. The van der Waals surface area contributed by atoms with E-state index in [1.807, 2.05) is 37.4 Å². The van der Waals surface area contributed by atoms with Crippen molar-refractivity contribution < 1.29 is 4.79 Å². The van der Waals surface area contributed by atoms with Crippen LogP contribution in [0.3, 0.4) is 0 Å². The molecule has 0 saturated heterocycles. The minimum Gasteiger partial charge on any atom is -0.355 e. The van der Waals surface area contributed by atoms with Crippen LogP contribution in [0.15, 0.2) is 41.8 Å². The molecule has 1 aromatic carbocycles. The first-order valence-corrected chi connectivity index (χ1v) is 8.57. The Morgan fingerprint density at radius 2 is 2.05 bits per heavy atom. The number of nitrogens with one attached hydrogen (secondary N) is 1. The number of nitrogens with zero attached hydrogens (tertiary/aromatic N) is 1. The molecule has 3 nitrogen and oxygen atoms in total. The van der Waals surface area contributed by atoms with Crippen LogP contribution in [0.25, 0.3) is 0 Å². The Morgan fingerprint density at radius 3 is 2.68 bits per heavy atom. The van der Waals surface area contributed by atoms with Gasteiger partial charge in [-0.2, -0.15) is 0 Å². The van der Waals surface area contributed by atoms with Gasteiger partial charge in [0.1, 0.15) is 0 Å². The van der Waals surface area contributed by atoms with Crippen molar-refractivity contribution in [2.24, 2.45) is 0 Å². The second kappa shape index (κ2) is 8.32. The number of rotatable bonds is 7. The average Bonchev–Trinajstić information content (AvgIpc) is 3.02. The van der Waals surface area contributed by atoms with Gasteiger partial charge in [0, 0.05) is 22.5 Å². The normalized spacial score (nSPS) is 12.4. The largest absolute Gasteiger partial charge is 0.355 e. The lowest BCUT2D eigenvalue weighted by atomic mass is 10.1. The summed E-state index contributed by atoms with van der Waals surface area (Å²) in [6.45, 7) is 3.16. The molecule has 0 aliphatic rings. The lowest BCUT2D eigenvalue weighted by molar-refractivity contribution is -0.122. The lowest BCUT2D eigenvalue weighted by Crippen LogP contribution is -2.37. The van der Waals surface area contributed by atoms with Gasteiger partial charge in [0.05, 0.1) is 6.54 Å². The number of hydrogen-bond donors (Lipinski definition) is 1. The van der Waals surface area contributed by atoms with E-state index in [0.29, 0.717) is 13.1 Å². The molecule has 0 fully saturated rings. The quantitative estimate of drug-likeness (QED) is 0.835. The van der Waals surface area contributed by atoms with Crippen LogP contribution in [-0.2, 0) is 11.2 Å². The molecule has 22 heavy (non-hydrogen) atoms. The number of thiophene rings is 1. The van der Waals surface area contributed by atoms with Gasteiger partial charge in [-0.1, -0.05) is 29.8 Å². The summed E-state index contributed by atoms with van der Waals surface area (Å²) in [6, 6.07) is 12.1. The van der Waals surface area contributed by atoms with E-state index in [2.05, 4.69) is 28.6 Å². The molecule has 0 aliphatic heterocycles. The molecular weight excluding hydrogens is 316 g/mol. The molecule has 1 N–H and O–H groups in total. The van der Waals surface area contributed by atoms with Crippen molar-refractivity contribution in [3.63, 3.8) is 0 Å². The van der Waals surface area contributed by atoms with E-state index in [1.54, 1.807) is 11.3 Å². The molecule has 2 aromatic rings. The third kappa shape index (κ3) is 5.13. The molecule has 1 unspecified atom stereocenters. The topological polar surface area (TPSA) is 32.3 Å². The monoisotopic (exact) mass is 336 g/mol. The lowest BCUT2D eigenvalue weighted by Gasteiger charge is -2.23. The fourth-order valence-corrected chi connectivity index (χ4v) is 3.14. The van der Waals surface area contributed by atoms with E-state index in [1.165, 1.54) is 10.4 Å². The summed E-state index contributed by atoms with van der Waals surface area (Å²) in [7, 11) is 1.98. The molecule has 118 valence electrons. The van der Waals surface area contributed by atoms with Gasteiger partial charge in [-0.05, 0) is 49.5 Å². The molecule has 1 heterocycles. The van der Waals surface area contributed by atoms with Crippen molar-refractivity contribution in [1.82, 2.24) is 10.2 Å². The van der Waals surface area contributed by atoms with Gasteiger partial charge in [0.15, 0.2) is 0 Å². The van der Waals surface area contributed by atoms with Crippen LogP contribution in [0.5, 0.6) is 0 Å². The van der Waals surface area contributed by atoms with Crippen LogP contribution < -0.4 is 5.32 Å². The van der Waals surface area contributed by atoms with Crippen molar-refractivity contribution in [3.8, 4) is 0 Å². The summed E-state index contributed by atoms with van der Waals surface area (Å²) in [5.74, 6) is 0.0554. The summed E-state index contributed by atoms with van der Waals surface area (Å²) in [5.41, 5.74) is 1.17. The van der Waals surface area contributed by atoms with Crippen LogP contribution in [0.4, 0.5) is 0 Å². The van der Waals surface area contributed by atoms with E-state index < -0.39 is 0 Å². The molecule has 2 rings (SSSR count). The smallest absolute Gasteiger partial charge is 0.234 e. The number of carbonyl (C=O) groups is 1. The molecule has 0 spiro atoms. The van der Waals surface area contributed by atoms with E-state index in [9.17, 15) is 4.79 Å². The summed E-state index contributed by atoms with van der Waals surface area (Å²) < 4.78 is 0. The van der Waals surface area contributed by atoms with Crippen molar-refractivity contribution in [3.05, 3.63) is 57.2 Å². The molecule has 1 atom stereocenters. The molecule has 0 bridgehead atoms. The predicted octanol–water partition coefficient (Wildman–Crippen LogP) is 3.75. The zero-order valence-electron chi connectivity index (χ0n) is 12.9. The number of amides is 1. The summed E-state index contributed by atoms with van der Waals surface area (Å²) >= 11 is 7.57. The highest BCUT2D eigenvalue weighted by atomic mass is 35.5. The van der Waals surface area contributed by atoms with Crippen LogP contribution in [0.1, 0.15) is 23.4 Å². The Labute approximate surface area is 140 Å². The second-order valence-electron chi connectivity index (χ2n) is 5.33. The van der Waals surface area contributed by atoms with Crippen molar-refractivity contribution in [2.45, 2.75) is 19.4 Å². The summed E-state index contributed by atoms with van der Waals surface area (Å²) in [4.78, 5) is 15.3. The van der Waals surface area contributed by atoms with Gasteiger partial charge in [0.2, 0.25) is 5.91 Å². The summed E-state index contributed by atoms with van der Waals surface area (Å²) in [6.07, 6.45) is 0.813. The van der Waals surface area contributed by atoms with Crippen molar-refractivity contribution >= 4 is 28.8 Å². The van der Waals surface area contributed by atoms with Gasteiger partial charge in [-0.25, -0.2) is 0 Å². The SMILES string of the molecule is CC(c1cccs1)N(C)CC(=O)NCCc1ccc(Cl)cc1. The standard InChI is InChI=1S/C17H21ClN2OS/c1-13(16-4-3-11-22-16)20(2)12-17(21)19-10-9-14-5-7-15(18)8-6-14/h3-8,11,13H,9-10,12H2,1-2H3,(H,19,21). The van der Waals surface area contributed by atoms with Crippen LogP contribution in [-0.4, -0.2) is 30.9 Å². The van der Waals surface area contributed by atoms with Crippen LogP contribution >= 0.6 is 22.9 Å². The minimum absolute atomic E-state index is 0.0554. The summed E-state index contributed by atoms with van der Waals surface area (Å²) in [5, 5.41) is 5.76. The number of benzene rings is 1. The maximum absolute atomic E-state index is 12.0. The molecule has 1 aromatic heterocycles. The first kappa shape index (κ1) is 17.0. The highest BCUT2D eigenvalue weighted by molar-refractivity contribution is 7.10. The number of halogens is 1. The third-order valence-electron chi connectivity index (χ3n) is 3.66. The first-order chi connectivity index (χ1) is 10.6. The van der Waals surface area contributed by atoms with E-state index in [0.717, 1.165) is 11.4 Å². The van der Waals surface area contributed by atoms with Gasteiger partial charge >= 0.3 is 0 Å². The average molecular weight is 337 g/mol. The number of hydrogen-bond acceptors (Lipinski definition) is 3. The third-order valence-corrected chi connectivity index (χ3v) is 4.95. The molecular formula is C17H21ClN2OS. The van der Waals surface area contributed by atoms with Gasteiger partial charge in [0.25, 0.3) is 0 Å². The van der Waals surface area contributed by atoms with Crippen molar-refractivity contribution in [1.29, 1.82) is 0 Å². The van der Waals surface area contributed by atoms with Gasteiger partial charge in [-0.3, -0.25) is 9.69 Å². The van der Waals surface area contributed by atoms with Crippen LogP contribution in [0.2, 0.25) is 5.02 Å². The second-order valence-corrected chi connectivity index (χ2v) is 6.75. The highest BCUT2D eigenvalue weighted by Crippen LogP contribution is 2.22. The molecule has 0 aliphatic carbocycles. The maximum atomic E-state index is 12.0. The first-order valence-electron chi connectivity index (χ1n) is 7.31. The fourth-order valence-electron chi connectivity index (χ4n) is 2.16. The Hall–Kier alpha value is -1.36.